The fourth-order valence-corrected chi connectivity index (χ4v) is 2.19. The van der Waals surface area contributed by atoms with Gasteiger partial charge in [0.1, 0.15) is 0 Å². The first-order valence-corrected chi connectivity index (χ1v) is 7.49. The molecule has 0 aliphatic carbocycles. The van der Waals surface area contributed by atoms with Gasteiger partial charge >= 0.3 is 0 Å². The van der Waals surface area contributed by atoms with Crippen LogP contribution in [0.1, 0.15) is 33.3 Å². The van der Waals surface area contributed by atoms with Gasteiger partial charge in [0, 0.05) is 11.4 Å². The van der Waals surface area contributed by atoms with Crippen LogP contribution < -0.4 is 5.32 Å². The second-order valence-electron chi connectivity index (χ2n) is 5.71. The standard InChI is InChI=1S/C20H27N/c1-7-9-15(3)14-19-10-12-20(13-11-19)21-18(6)17(5)16(4)8-2/h8-13,15-16,21H,1-2,14H2,3-6H3/b18-17-. The molecule has 2 unspecified atom stereocenters. The van der Waals surface area contributed by atoms with Crippen LogP contribution in [0.5, 0.6) is 0 Å². The lowest BCUT2D eigenvalue weighted by Gasteiger charge is -2.14. The molecule has 1 aromatic carbocycles. The van der Waals surface area contributed by atoms with E-state index < -0.39 is 0 Å². The van der Waals surface area contributed by atoms with Crippen molar-refractivity contribution in [3.05, 3.63) is 72.1 Å². The van der Waals surface area contributed by atoms with Crippen molar-refractivity contribution >= 4 is 5.69 Å². The Morgan fingerprint density at radius 3 is 2.38 bits per heavy atom. The number of nitrogens with one attached hydrogen (secondary N) is 1. The molecule has 0 aliphatic rings. The fourth-order valence-electron chi connectivity index (χ4n) is 2.19. The van der Waals surface area contributed by atoms with Gasteiger partial charge in [-0.3, -0.25) is 0 Å². The summed E-state index contributed by atoms with van der Waals surface area (Å²) in [7, 11) is 0. The highest BCUT2D eigenvalue weighted by Gasteiger charge is 2.04. The third-order valence-corrected chi connectivity index (χ3v) is 3.87. The largest absolute Gasteiger partial charge is 0.359 e. The molecule has 1 heteroatoms. The summed E-state index contributed by atoms with van der Waals surface area (Å²) < 4.78 is 0. The van der Waals surface area contributed by atoms with Crippen molar-refractivity contribution in [1.29, 1.82) is 0 Å². The summed E-state index contributed by atoms with van der Waals surface area (Å²) in [5.74, 6) is 0.863. The van der Waals surface area contributed by atoms with E-state index in [1.807, 2.05) is 12.2 Å². The monoisotopic (exact) mass is 281 g/mol. The quantitative estimate of drug-likeness (QED) is 0.497. The molecule has 0 amide bonds. The van der Waals surface area contributed by atoms with Crippen molar-refractivity contribution in [2.45, 2.75) is 34.1 Å². The van der Waals surface area contributed by atoms with Crippen LogP contribution in [0.2, 0.25) is 0 Å². The lowest BCUT2D eigenvalue weighted by molar-refractivity contribution is 0.725. The van der Waals surface area contributed by atoms with Gasteiger partial charge in [-0.25, -0.2) is 0 Å². The molecule has 21 heavy (non-hydrogen) atoms. The van der Waals surface area contributed by atoms with Crippen molar-refractivity contribution in [1.82, 2.24) is 0 Å². The summed E-state index contributed by atoms with van der Waals surface area (Å²) in [5, 5.41) is 3.46. The van der Waals surface area contributed by atoms with Crippen LogP contribution in [0.4, 0.5) is 5.69 Å². The first-order valence-electron chi connectivity index (χ1n) is 7.49. The van der Waals surface area contributed by atoms with E-state index in [0.29, 0.717) is 11.8 Å². The Labute approximate surface area is 129 Å². The minimum absolute atomic E-state index is 0.392. The zero-order valence-corrected chi connectivity index (χ0v) is 13.7. The maximum atomic E-state index is 3.85. The van der Waals surface area contributed by atoms with Crippen molar-refractivity contribution in [3.8, 4) is 0 Å². The second-order valence-corrected chi connectivity index (χ2v) is 5.71. The Kier molecular flexibility index (Phi) is 6.78. The van der Waals surface area contributed by atoms with Gasteiger partial charge in [0.05, 0.1) is 0 Å². The van der Waals surface area contributed by atoms with E-state index in [9.17, 15) is 0 Å². The maximum absolute atomic E-state index is 3.85. The van der Waals surface area contributed by atoms with E-state index in [2.05, 4.69) is 76.2 Å². The first-order chi connectivity index (χ1) is 9.97. The van der Waals surface area contributed by atoms with Gasteiger partial charge in [0.2, 0.25) is 0 Å². The average Bonchev–Trinajstić information content (AvgIpc) is 2.47. The van der Waals surface area contributed by atoms with Gasteiger partial charge in [-0.2, -0.15) is 0 Å². The van der Waals surface area contributed by atoms with Crippen molar-refractivity contribution < 1.29 is 0 Å². The molecule has 0 heterocycles. The Morgan fingerprint density at radius 1 is 1.24 bits per heavy atom. The molecule has 0 radical (unpaired) electrons. The van der Waals surface area contributed by atoms with E-state index in [-0.39, 0.29) is 0 Å². The van der Waals surface area contributed by atoms with Crippen molar-refractivity contribution in [3.63, 3.8) is 0 Å². The third kappa shape index (κ3) is 5.49. The summed E-state index contributed by atoms with van der Waals surface area (Å²) in [6, 6.07) is 8.62. The molecule has 0 bridgehead atoms. The molecule has 0 saturated carbocycles. The first kappa shape index (κ1) is 17.1. The van der Waals surface area contributed by atoms with Gasteiger partial charge < -0.3 is 5.32 Å². The Morgan fingerprint density at radius 2 is 1.86 bits per heavy atom. The summed E-state index contributed by atoms with van der Waals surface area (Å²) in [5.41, 5.74) is 7.82. The molecule has 0 aliphatic heterocycles. The molecule has 0 saturated heterocycles. The zero-order chi connectivity index (χ0) is 15.8. The lowest BCUT2D eigenvalue weighted by atomic mass is 10.00. The lowest BCUT2D eigenvalue weighted by Crippen LogP contribution is -2.03. The maximum Gasteiger partial charge on any atom is 0.0381 e. The second kappa shape index (κ2) is 8.34. The SMILES string of the molecule is C=C=CC(C)Cc1ccc(N/C(C)=C(/C)C(C)C=C)cc1. The highest BCUT2D eigenvalue weighted by molar-refractivity contribution is 5.50. The Bertz CT molecular complexity index is 542. The predicted octanol–water partition coefficient (Wildman–Crippen LogP) is 5.73. The van der Waals surface area contributed by atoms with E-state index in [4.69, 9.17) is 0 Å². The normalized spacial score (nSPS) is 14.5. The summed E-state index contributed by atoms with van der Waals surface area (Å²) >= 11 is 0. The number of hydrogen-bond donors (Lipinski definition) is 1. The Hall–Kier alpha value is -1.98. The molecule has 1 nitrogen and oxygen atoms in total. The number of benzene rings is 1. The van der Waals surface area contributed by atoms with Crippen molar-refractivity contribution in [2.75, 3.05) is 5.32 Å². The number of rotatable bonds is 7. The molecule has 0 aromatic heterocycles. The van der Waals surface area contributed by atoms with Crippen LogP contribution >= 0.6 is 0 Å². The van der Waals surface area contributed by atoms with Crippen LogP contribution in [0, 0.1) is 11.8 Å². The van der Waals surface area contributed by atoms with Gasteiger partial charge in [-0.1, -0.05) is 38.6 Å². The molecule has 2 atom stereocenters. The molecular weight excluding hydrogens is 254 g/mol. The van der Waals surface area contributed by atoms with E-state index in [1.54, 1.807) is 0 Å². The van der Waals surface area contributed by atoms with Crippen LogP contribution in [-0.4, -0.2) is 0 Å². The molecular formula is C20H27N. The van der Waals surface area contributed by atoms with Crippen LogP contribution in [0.3, 0.4) is 0 Å². The van der Waals surface area contributed by atoms with Gasteiger partial charge in [0.15, 0.2) is 0 Å². The minimum atomic E-state index is 0.392. The number of allylic oxidation sites excluding steroid dienone is 4. The Balaban J connectivity index is 2.75. The topological polar surface area (TPSA) is 12.0 Å². The van der Waals surface area contributed by atoms with E-state index >= 15 is 0 Å². The molecule has 0 fully saturated rings. The highest BCUT2D eigenvalue weighted by atomic mass is 14.9. The molecule has 1 rings (SSSR count). The summed E-state index contributed by atoms with van der Waals surface area (Å²) in [6.07, 6.45) is 5.00. The van der Waals surface area contributed by atoms with E-state index in [0.717, 1.165) is 12.1 Å². The van der Waals surface area contributed by atoms with Crippen LogP contribution in [0.25, 0.3) is 0 Å². The number of anilines is 1. The summed E-state index contributed by atoms with van der Waals surface area (Å²) in [4.78, 5) is 0. The van der Waals surface area contributed by atoms with E-state index in [1.165, 1.54) is 16.8 Å². The fraction of sp³-hybridized carbons (Fsp3) is 0.350. The third-order valence-electron chi connectivity index (χ3n) is 3.87. The smallest absolute Gasteiger partial charge is 0.0381 e. The molecule has 1 aromatic rings. The van der Waals surface area contributed by atoms with Crippen LogP contribution in [-0.2, 0) is 6.42 Å². The minimum Gasteiger partial charge on any atom is -0.359 e. The van der Waals surface area contributed by atoms with Crippen molar-refractivity contribution in [2.24, 2.45) is 11.8 Å². The molecule has 0 spiro atoms. The predicted molar refractivity (Wildman–Crippen MR) is 94.4 cm³/mol. The van der Waals surface area contributed by atoms with Crippen LogP contribution in [0.15, 0.2) is 66.6 Å². The summed E-state index contributed by atoms with van der Waals surface area (Å²) in [6.45, 7) is 16.1. The number of hydrogen-bond acceptors (Lipinski definition) is 1. The zero-order valence-electron chi connectivity index (χ0n) is 13.7. The highest BCUT2D eigenvalue weighted by Crippen LogP contribution is 2.19. The van der Waals surface area contributed by atoms with Gasteiger partial charge in [-0.05, 0) is 61.4 Å². The van der Waals surface area contributed by atoms with Gasteiger partial charge in [-0.15, -0.1) is 12.3 Å². The molecule has 1 N–H and O–H groups in total. The van der Waals surface area contributed by atoms with Gasteiger partial charge in [0.25, 0.3) is 0 Å². The average molecular weight is 281 g/mol. The molecule has 112 valence electrons.